The fraction of sp³-hybridized carbons (Fsp3) is 0.455. The lowest BCUT2D eigenvalue weighted by Gasteiger charge is -2.59. The van der Waals surface area contributed by atoms with Gasteiger partial charge in [-0.3, -0.25) is 0 Å². The standard InChI is InChI=1S/C22H24O5/c1-3-7-17(8-4-1)11-23-15-21-14-22(26-12-18-9-5-2-6-10-18)20(21)19(13-25-21)24-16-27-22/h1-10,19-20H,11-16H2/t19-,20?,21-,22?/m1/s1/i13T/t13?,19-,20?,21-,22?. The summed E-state index contributed by atoms with van der Waals surface area (Å²) in [6, 6.07) is 20.1. The van der Waals surface area contributed by atoms with Gasteiger partial charge < -0.3 is 23.7 Å². The Morgan fingerprint density at radius 1 is 0.963 bits per heavy atom. The largest absolute Gasteiger partial charge is 0.374 e. The number of benzene rings is 2. The van der Waals surface area contributed by atoms with E-state index in [1.807, 2.05) is 60.7 Å². The first-order chi connectivity index (χ1) is 13.7. The summed E-state index contributed by atoms with van der Waals surface area (Å²) in [6.07, 6.45) is 0.181. The van der Waals surface area contributed by atoms with Crippen LogP contribution in [0.1, 0.15) is 18.9 Å². The number of hydrogen-bond donors (Lipinski definition) is 0. The maximum atomic E-state index is 8.31. The van der Waals surface area contributed by atoms with Crippen LogP contribution in [0, 0.1) is 5.92 Å². The quantitative estimate of drug-likeness (QED) is 0.749. The first kappa shape index (κ1) is 16.2. The smallest absolute Gasteiger partial charge is 0.182 e. The highest BCUT2D eigenvalue weighted by Crippen LogP contribution is 2.60. The normalized spacial score (nSPS) is 37.3. The van der Waals surface area contributed by atoms with Crippen LogP contribution in [0.2, 0.25) is 0 Å². The highest BCUT2D eigenvalue weighted by atomic mass is 16.8. The maximum Gasteiger partial charge on any atom is 0.182 e. The Morgan fingerprint density at radius 2 is 1.67 bits per heavy atom. The first-order valence-corrected chi connectivity index (χ1v) is 9.36. The minimum Gasteiger partial charge on any atom is -0.374 e. The molecule has 3 fully saturated rings. The third-order valence-corrected chi connectivity index (χ3v) is 5.70. The number of ether oxygens (including phenoxy) is 5. The van der Waals surface area contributed by atoms with Crippen molar-refractivity contribution < 1.29 is 25.1 Å². The van der Waals surface area contributed by atoms with Crippen LogP contribution in [-0.2, 0) is 36.9 Å². The summed E-state index contributed by atoms with van der Waals surface area (Å²) < 4.78 is 38.2. The number of hydrogen-bond acceptors (Lipinski definition) is 5. The van der Waals surface area contributed by atoms with Gasteiger partial charge in [0.25, 0.3) is 0 Å². The summed E-state index contributed by atoms with van der Waals surface area (Å²) in [6.45, 7) is 0.715. The second-order valence-corrected chi connectivity index (χ2v) is 7.43. The van der Waals surface area contributed by atoms with Gasteiger partial charge in [0.1, 0.15) is 5.60 Å². The van der Waals surface area contributed by atoms with Crippen molar-refractivity contribution >= 4 is 0 Å². The zero-order chi connectivity index (χ0) is 19.0. The van der Waals surface area contributed by atoms with E-state index in [-0.39, 0.29) is 18.8 Å². The third-order valence-electron chi connectivity index (χ3n) is 5.70. The molecular weight excluding hydrogens is 344 g/mol. The predicted octanol–water partition coefficient (Wildman–Crippen LogP) is 3.28. The van der Waals surface area contributed by atoms with Crippen LogP contribution in [0.5, 0.6) is 0 Å². The van der Waals surface area contributed by atoms with Gasteiger partial charge in [0.2, 0.25) is 0 Å². The van der Waals surface area contributed by atoms with Crippen LogP contribution >= 0.6 is 0 Å². The molecule has 0 spiro atoms. The SMILES string of the molecule is [3H]C1O[C@@]2(COCc3ccccc3)CC3(OCc4ccccc4)OCO[C@H]1C32. The molecule has 2 aromatic rings. The molecule has 0 N–H and O–H groups in total. The van der Waals surface area contributed by atoms with Gasteiger partial charge in [-0.25, -0.2) is 0 Å². The van der Waals surface area contributed by atoms with Crippen LogP contribution in [0.4, 0.5) is 0 Å². The molecule has 1 aliphatic carbocycles. The molecule has 5 atom stereocenters. The second kappa shape index (κ2) is 7.00. The minimum absolute atomic E-state index is 0.121. The fourth-order valence-electron chi connectivity index (χ4n) is 4.39. The van der Waals surface area contributed by atoms with E-state index in [9.17, 15) is 0 Å². The molecule has 5 heteroatoms. The van der Waals surface area contributed by atoms with E-state index in [2.05, 4.69) is 0 Å². The van der Waals surface area contributed by atoms with Gasteiger partial charge in [0.15, 0.2) is 12.6 Å². The van der Waals surface area contributed by atoms with Gasteiger partial charge in [0, 0.05) is 6.42 Å². The Labute approximate surface area is 160 Å². The van der Waals surface area contributed by atoms with E-state index >= 15 is 0 Å². The van der Waals surface area contributed by atoms with E-state index in [4.69, 9.17) is 25.1 Å². The lowest BCUT2D eigenvalue weighted by molar-refractivity contribution is -0.421. The Morgan fingerprint density at radius 3 is 2.41 bits per heavy atom. The van der Waals surface area contributed by atoms with Crippen molar-refractivity contribution in [2.75, 3.05) is 20.0 Å². The van der Waals surface area contributed by atoms with Crippen molar-refractivity contribution in [1.82, 2.24) is 0 Å². The predicted molar refractivity (Wildman–Crippen MR) is 97.7 cm³/mol. The Hall–Kier alpha value is -1.76. The molecular formula is C22H24O5. The highest BCUT2D eigenvalue weighted by molar-refractivity contribution is 5.19. The Kier molecular flexibility index (Phi) is 4.21. The second-order valence-electron chi connectivity index (χ2n) is 7.43. The highest BCUT2D eigenvalue weighted by Gasteiger charge is 2.74. The maximum absolute atomic E-state index is 8.31. The monoisotopic (exact) mass is 370 g/mol. The summed E-state index contributed by atoms with van der Waals surface area (Å²) in [7, 11) is 0. The Balaban J connectivity index is 1.28. The van der Waals surface area contributed by atoms with E-state index in [1.54, 1.807) is 0 Å². The molecule has 2 saturated heterocycles. The molecule has 27 heavy (non-hydrogen) atoms. The van der Waals surface area contributed by atoms with Gasteiger partial charge in [-0.15, -0.1) is 0 Å². The van der Waals surface area contributed by atoms with Crippen molar-refractivity contribution in [1.29, 1.82) is 0 Å². The molecule has 2 aromatic carbocycles. The summed E-state index contributed by atoms with van der Waals surface area (Å²) in [5.74, 6) is -0.944. The summed E-state index contributed by atoms with van der Waals surface area (Å²) >= 11 is 0. The molecule has 1 saturated carbocycles. The van der Waals surface area contributed by atoms with Crippen molar-refractivity contribution in [3.63, 3.8) is 0 Å². The van der Waals surface area contributed by atoms with Gasteiger partial charge in [0.05, 0.1) is 39.8 Å². The molecule has 5 nitrogen and oxygen atoms in total. The first-order valence-electron chi connectivity index (χ1n) is 9.94. The molecule has 0 aromatic heterocycles. The zero-order valence-electron chi connectivity index (χ0n) is 16.1. The number of rotatable bonds is 7. The van der Waals surface area contributed by atoms with Gasteiger partial charge in [-0.05, 0) is 11.1 Å². The van der Waals surface area contributed by atoms with Crippen molar-refractivity contribution in [3.05, 3.63) is 71.8 Å². The van der Waals surface area contributed by atoms with Crippen LogP contribution in [0.15, 0.2) is 60.7 Å². The summed E-state index contributed by atoms with van der Waals surface area (Å²) in [5.41, 5.74) is 1.60. The zero-order valence-corrected chi connectivity index (χ0v) is 15.1. The van der Waals surface area contributed by atoms with E-state index in [0.29, 0.717) is 26.2 Å². The van der Waals surface area contributed by atoms with E-state index in [0.717, 1.165) is 11.1 Å². The summed E-state index contributed by atoms with van der Waals surface area (Å²) in [5, 5.41) is 0. The lowest BCUT2D eigenvalue weighted by Crippen LogP contribution is -2.72. The van der Waals surface area contributed by atoms with Gasteiger partial charge in [-0.2, -0.15) is 0 Å². The average molecular weight is 370 g/mol. The fourth-order valence-corrected chi connectivity index (χ4v) is 4.39. The van der Waals surface area contributed by atoms with Crippen LogP contribution in [-0.4, -0.2) is 37.5 Å². The van der Waals surface area contributed by atoms with Crippen LogP contribution < -0.4 is 0 Å². The van der Waals surface area contributed by atoms with Crippen molar-refractivity contribution in [3.8, 4) is 0 Å². The topological polar surface area (TPSA) is 46.2 Å². The van der Waals surface area contributed by atoms with Crippen molar-refractivity contribution in [2.45, 2.75) is 37.1 Å². The van der Waals surface area contributed by atoms with Crippen LogP contribution in [0.25, 0.3) is 0 Å². The molecule has 3 aliphatic rings. The molecule has 142 valence electrons. The van der Waals surface area contributed by atoms with Gasteiger partial charge in [-0.1, -0.05) is 60.7 Å². The molecule has 5 rings (SSSR count). The molecule has 2 heterocycles. The molecule has 3 unspecified atom stereocenters. The lowest BCUT2D eigenvalue weighted by atomic mass is 9.63. The van der Waals surface area contributed by atoms with E-state index in [1.165, 1.54) is 0 Å². The Bertz CT molecular complexity index is 803. The van der Waals surface area contributed by atoms with Crippen molar-refractivity contribution in [2.24, 2.45) is 5.92 Å². The summed E-state index contributed by atoms with van der Waals surface area (Å²) in [4.78, 5) is 0. The third kappa shape index (κ3) is 3.10. The molecule has 0 bridgehead atoms. The molecule has 0 amide bonds. The molecule has 0 radical (unpaired) electrons. The minimum atomic E-state index is -0.773. The van der Waals surface area contributed by atoms with E-state index < -0.39 is 18.0 Å². The van der Waals surface area contributed by atoms with Crippen LogP contribution in [0.3, 0.4) is 0 Å². The average Bonchev–Trinajstić information content (AvgIpc) is 2.98. The molecule has 2 aliphatic heterocycles. The van der Waals surface area contributed by atoms with Gasteiger partial charge >= 0.3 is 0 Å².